The number of carbonyl (C=O) groups excluding carboxylic acids is 1. The number of H-pyrrole nitrogens is 1. The summed E-state index contributed by atoms with van der Waals surface area (Å²) in [5, 5.41) is 0.969. The molecule has 0 atom stereocenters. The Morgan fingerprint density at radius 1 is 1.25 bits per heavy atom. The van der Waals surface area contributed by atoms with Crippen LogP contribution in [0.1, 0.15) is 45.4 Å². The third kappa shape index (κ3) is 4.23. The van der Waals surface area contributed by atoms with Crippen molar-refractivity contribution in [2.45, 2.75) is 45.4 Å². The summed E-state index contributed by atoms with van der Waals surface area (Å²) in [5.74, 6) is 0.498. The monoisotopic (exact) mass is 385 g/mol. The molecule has 1 N–H and O–H groups in total. The lowest BCUT2D eigenvalue weighted by atomic mass is 10.1. The van der Waals surface area contributed by atoms with Gasteiger partial charge >= 0.3 is 5.97 Å². The van der Waals surface area contributed by atoms with Crippen molar-refractivity contribution in [3.8, 4) is 5.75 Å². The summed E-state index contributed by atoms with van der Waals surface area (Å²) in [6.07, 6.45) is 7.95. The molecule has 0 unspecified atom stereocenters. The number of halogens is 1. The molecule has 2 aromatic rings. The summed E-state index contributed by atoms with van der Waals surface area (Å²) >= 11 is 2.26. The third-order valence-corrected chi connectivity index (χ3v) is 3.99. The second kappa shape index (κ2) is 7.67. The van der Waals surface area contributed by atoms with E-state index in [0.29, 0.717) is 12.2 Å². The number of aromatic amines is 1. The SMILES string of the molecule is CCCCCCCC(=O)Oc1c[nH]c2ccc(I)cc12. The van der Waals surface area contributed by atoms with Gasteiger partial charge in [-0.25, -0.2) is 0 Å². The molecule has 20 heavy (non-hydrogen) atoms. The van der Waals surface area contributed by atoms with Crippen molar-refractivity contribution >= 4 is 39.5 Å². The molecule has 0 amide bonds. The number of carbonyl (C=O) groups is 1. The zero-order valence-electron chi connectivity index (χ0n) is 11.7. The molecule has 0 aliphatic heterocycles. The molecule has 0 aliphatic rings. The van der Waals surface area contributed by atoms with Gasteiger partial charge in [0.15, 0.2) is 5.75 Å². The van der Waals surface area contributed by atoms with Crippen LogP contribution in [0.5, 0.6) is 5.75 Å². The zero-order valence-corrected chi connectivity index (χ0v) is 13.9. The number of benzene rings is 1. The number of rotatable bonds is 7. The van der Waals surface area contributed by atoms with E-state index in [4.69, 9.17) is 4.74 Å². The standard InChI is InChI=1S/C16H20INO2/c1-2-3-4-5-6-7-16(19)20-15-11-18-14-9-8-12(17)10-13(14)15/h8-11,18H,2-7H2,1H3. The highest BCUT2D eigenvalue weighted by Gasteiger charge is 2.10. The van der Waals surface area contributed by atoms with Crippen molar-refractivity contribution in [3.63, 3.8) is 0 Å². The van der Waals surface area contributed by atoms with Crippen molar-refractivity contribution in [2.24, 2.45) is 0 Å². The van der Waals surface area contributed by atoms with Gasteiger partial charge in [0.1, 0.15) is 0 Å². The van der Waals surface area contributed by atoms with Crippen molar-refractivity contribution in [1.82, 2.24) is 4.98 Å². The van der Waals surface area contributed by atoms with E-state index in [1.165, 1.54) is 19.3 Å². The second-order valence-corrected chi connectivity index (χ2v) is 6.23. The first-order valence-corrected chi connectivity index (χ1v) is 8.26. The molecule has 1 heterocycles. The lowest BCUT2D eigenvalue weighted by Crippen LogP contribution is -2.07. The molecule has 1 aromatic carbocycles. The minimum Gasteiger partial charge on any atom is -0.424 e. The Balaban J connectivity index is 1.88. The van der Waals surface area contributed by atoms with Crippen LogP contribution in [0.25, 0.3) is 10.9 Å². The highest BCUT2D eigenvalue weighted by Crippen LogP contribution is 2.27. The van der Waals surface area contributed by atoms with E-state index in [9.17, 15) is 4.79 Å². The molecule has 3 nitrogen and oxygen atoms in total. The molecule has 1 aromatic heterocycles. The minimum atomic E-state index is -0.138. The molecule has 0 saturated carbocycles. The van der Waals surface area contributed by atoms with Crippen LogP contribution < -0.4 is 4.74 Å². The Morgan fingerprint density at radius 3 is 2.85 bits per heavy atom. The summed E-state index contributed by atoms with van der Waals surface area (Å²) in [4.78, 5) is 15.0. The quantitative estimate of drug-likeness (QED) is 0.412. The van der Waals surface area contributed by atoms with E-state index in [-0.39, 0.29) is 5.97 Å². The first kappa shape index (κ1) is 15.4. The Morgan fingerprint density at radius 2 is 2.05 bits per heavy atom. The molecule has 2 rings (SSSR count). The second-order valence-electron chi connectivity index (χ2n) is 4.98. The van der Waals surface area contributed by atoms with E-state index < -0.39 is 0 Å². The lowest BCUT2D eigenvalue weighted by Gasteiger charge is -2.03. The van der Waals surface area contributed by atoms with Gasteiger partial charge in [-0.15, -0.1) is 0 Å². The summed E-state index contributed by atoms with van der Waals surface area (Å²) in [6.45, 7) is 2.19. The number of ether oxygens (including phenoxy) is 1. The molecule has 108 valence electrons. The van der Waals surface area contributed by atoms with Gasteiger partial charge in [0.25, 0.3) is 0 Å². The summed E-state index contributed by atoms with van der Waals surface area (Å²) < 4.78 is 6.59. The molecule has 4 heteroatoms. The Labute approximate surface area is 133 Å². The maximum Gasteiger partial charge on any atom is 0.311 e. The fourth-order valence-corrected chi connectivity index (χ4v) is 2.69. The van der Waals surface area contributed by atoms with Gasteiger partial charge in [0, 0.05) is 27.1 Å². The van der Waals surface area contributed by atoms with Crippen molar-refractivity contribution in [3.05, 3.63) is 28.0 Å². The molecular formula is C16H20INO2. The van der Waals surface area contributed by atoms with E-state index >= 15 is 0 Å². The Hall–Kier alpha value is -1.04. The predicted octanol–water partition coefficient (Wildman–Crippen LogP) is 5.04. The fraction of sp³-hybridized carbons (Fsp3) is 0.438. The third-order valence-electron chi connectivity index (χ3n) is 3.31. The number of aromatic nitrogens is 1. The first-order valence-electron chi connectivity index (χ1n) is 7.18. The summed E-state index contributed by atoms with van der Waals surface area (Å²) in [7, 11) is 0. The van der Waals surface area contributed by atoms with E-state index in [0.717, 1.165) is 27.3 Å². The minimum absolute atomic E-state index is 0.138. The van der Waals surface area contributed by atoms with Gasteiger partial charge in [0.05, 0.1) is 0 Å². The lowest BCUT2D eigenvalue weighted by molar-refractivity contribution is -0.134. The van der Waals surface area contributed by atoms with Crippen LogP contribution in [-0.4, -0.2) is 11.0 Å². The van der Waals surface area contributed by atoms with Gasteiger partial charge in [-0.2, -0.15) is 0 Å². The zero-order chi connectivity index (χ0) is 14.4. The molecule has 0 saturated heterocycles. The van der Waals surface area contributed by atoms with Gasteiger partial charge in [-0.05, 0) is 47.2 Å². The average Bonchev–Trinajstić information content (AvgIpc) is 2.81. The van der Waals surface area contributed by atoms with Crippen molar-refractivity contribution in [1.29, 1.82) is 0 Å². The molecule has 0 radical (unpaired) electrons. The van der Waals surface area contributed by atoms with Gasteiger partial charge < -0.3 is 9.72 Å². The highest BCUT2D eigenvalue weighted by molar-refractivity contribution is 14.1. The van der Waals surface area contributed by atoms with Crippen LogP contribution in [0.4, 0.5) is 0 Å². The number of hydrogen-bond donors (Lipinski definition) is 1. The molecule has 0 fully saturated rings. The summed E-state index contributed by atoms with van der Waals surface area (Å²) in [5.41, 5.74) is 0.996. The fourth-order valence-electron chi connectivity index (χ4n) is 2.20. The maximum absolute atomic E-state index is 11.8. The van der Waals surface area contributed by atoms with Crippen LogP contribution in [0.3, 0.4) is 0 Å². The molecule has 0 spiro atoms. The van der Waals surface area contributed by atoms with Crippen LogP contribution in [0.15, 0.2) is 24.4 Å². The van der Waals surface area contributed by atoms with Crippen LogP contribution in [0.2, 0.25) is 0 Å². The van der Waals surface area contributed by atoms with Crippen LogP contribution in [-0.2, 0) is 4.79 Å². The van der Waals surface area contributed by atoms with Crippen LogP contribution >= 0.6 is 22.6 Å². The van der Waals surface area contributed by atoms with Crippen molar-refractivity contribution < 1.29 is 9.53 Å². The molecular weight excluding hydrogens is 365 g/mol. The van der Waals surface area contributed by atoms with E-state index in [1.807, 2.05) is 18.2 Å². The number of nitrogens with one attached hydrogen (secondary N) is 1. The number of esters is 1. The number of fused-ring (bicyclic) bond motifs is 1. The highest BCUT2D eigenvalue weighted by atomic mass is 127. The molecule has 0 bridgehead atoms. The summed E-state index contributed by atoms with van der Waals surface area (Å²) in [6, 6.07) is 6.05. The Bertz CT molecular complexity index is 577. The number of unbranched alkanes of at least 4 members (excludes halogenated alkanes) is 4. The topological polar surface area (TPSA) is 42.1 Å². The average molecular weight is 385 g/mol. The van der Waals surface area contributed by atoms with E-state index in [1.54, 1.807) is 6.20 Å². The van der Waals surface area contributed by atoms with Gasteiger partial charge in [0.2, 0.25) is 0 Å². The number of hydrogen-bond acceptors (Lipinski definition) is 2. The predicted molar refractivity (Wildman–Crippen MR) is 90.0 cm³/mol. The molecule has 0 aliphatic carbocycles. The maximum atomic E-state index is 11.8. The Kier molecular flexibility index (Phi) is 5.88. The van der Waals surface area contributed by atoms with Crippen molar-refractivity contribution in [2.75, 3.05) is 0 Å². The van der Waals surface area contributed by atoms with E-state index in [2.05, 4.69) is 34.5 Å². The van der Waals surface area contributed by atoms with Gasteiger partial charge in [-0.3, -0.25) is 4.79 Å². The normalized spacial score (nSPS) is 10.9. The van der Waals surface area contributed by atoms with Gasteiger partial charge in [-0.1, -0.05) is 32.6 Å². The van der Waals surface area contributed by atoms with Crippen LogP contribution in [0, 0.1) is 3.57 Å². The smallest absolute Gasteiger partial charge is 0.311 e. The first-order chi connectivity index (χ1) is 9.70. The largest absolute Gasteiger partial charge is 0.424 e.